The minimum atomic E-state index is -0.517. The van der Waals surface area contributed by atoms with Crippen LogP contribution in [0, 0.1) is 11.6 Å². The van der Waals surface area contributed by atoms with Crippen molar-refractivity contribution in [3.63, 3.8) is 0 Å². The number of carbonyl (C=O) groups is 3. The van der Waals surface area contributed by atoms with Crippen LogP contribution in [0.3, 0.4) is 0 Å². The predicted octanol–water partition coefficient (Wildman–Crippen LogP) is 3.65. The molecule has 0 unspecified atom stereocenters. The summed E-state index contributed by atoms with van der Waals surface area (Å²) in [5, 5.41) is 2.76. The maximum Gasteiger partial charge on any atom is 0.256 e. The Hall–Kier alpha value is -4.31. The molecule has 8 nitrogen and oxygen atoms in total. The summed E-state index contributed by atoms with van der Waals surface area (Å²) in [7, 11) is 0. The molecule has 0 spiro atoms. The van der Waals surface area contributed by atoms with Gasteiger partial charge in [0, 0.05) is 61.8 Å². The van der Waals surface area contributed by atoms with Crippen molar-refractivity contribution in [2.24, 2.45) is 0 Å². The first-order valence-electron chi connectivity index (χ1n) is 12.8. The van der Waals surface area contributed by atoms with Crippen molar-refractivity contribution in [2.45, 2.75) is 0 Å². The number of ether oxygens (including phenoxy) is 1. The van der Waals surface area contributed by atoms with E-state index in [0.29, 0.717) is 75.0 Å². The van der Waals surface area contributed by atoms with Crippen LogP contribution in [0.5, 0.6) is 0 Å². The van der Waals surface area contributed by atoms with Gasteiger partial charge in [0.15, 0.2) is 0 Å². The van der Waals surface area contributed by atoms with E-state index in [2.05, 4.69) is 5.32 Å². The summed E-state index contributed by atoms with van der Waals surface area (Å²) in [5.41, 5.74) is 1.97. The van der Waals surface area contributed by atoms with Gasteiger partial charge < -0.3 is 24.8 Å². The van der Waals surface area contributed by atoms with Gasteiger partial charge in [0.2, 0.25) is 0 Å². The number of hydrogen-bond acceptors (Lipinski definition) is 5. The zero-order valence-corrected chi connectivity index (χ0v) is 21.2. The maximum absolute atomic E-state index is 13.6. The molecule has 1 N–H and O–H groups in total. The number of amides is 3. The topological polar surface area (TPSA) is 82.2 Å². The molecule has 2 fully saturated rings. The van der Waals surface area contributed by atoms with E-state index in [0.717, 1.165) is 6.07 Å². The van der Waals surface area contributed by atoms with Crippen LogP contribution in [-0.2, 0) is 4.74 Å². The molecule has 10 heteroatoms. The van der Waals surface area contributed by atoms with Crippen LogP contribution < -0.4 is 10.2 Å². The Kier molecular flexibility index (Phi) is 7.83. The van der Waals surface area contributed by atoms with E-state index in [1.165, 1.54) is 36.4 Å². The van der Waals surface area contributed by atoms with Gasteiger partial charge in [-0.25, -0.2) is 8.78 Å². The average molecular weight is 535 g/mol. The largest absolute Gasteiger partial charge is 0.378 e. The van der Waals surface area contributed by atoms with Crippen LogP contribution in [0.1, 0.15) is 31.1 Å². The molecule has 5 rings (SSSR count). The smallest absolute Gasteiger partial charge is 0.256 e. The molecule has 2 aliphatic heterocycles. The lowest BCUT2D eigenvalue weighted by atomic mass is 10.1. The second-order valence-electron chi connectivity index (χ2n) is 9.39. The van der Waals surface area contributed by atoms with Crippen LogP contribution >= 0.6 is 0 Å². The Balaban J connectivity index is 1.36. The number of halogens is 2. The zero-order valence-electron chi connectivity index (χ0n) is 21.2. The summed E-state index contributed by atoms with van der Waals surface area (Å²) in [5.74, 6) is -1.90. The highest BCUT2D eigenvalue weighted by atomic mass is 19.1. The number of anilines is 2. The van der Waals surface area contributed by atoms with E-state index in [4.69, 9.17) is 4.74 Å². The maximum atomic E-state index is 13.6. The highest BCUT2D eigenvalue weighted by Gasteiger charge is 2.28. The molecule has 0 saturated carbocycles. The average Bonchev–Trinajstić information content (AvgIpc) is 2.97. The Labute approximate surface area is 224 Å². The third kappa shape index (κ3) is 6.06. The van der Waals surface area contributed by atoms with E-state index >= 15 is 0 Å². The fourth-order valence-electron chi connectivity index (χ4n) is 4.79. The van der Waals surface area contributed by atoms with Crippen molar-refractivity contribution in [1.29, 1.82) is 0 Å². The molecule has 3 amide bonds. The lowest BCUT2D eigenvalue weighted by molar-refractivity contribution is 0.0303. The zero-order chi connectivity index (χ0) is 27.4. The molecule has 0 aromatic heterocycles. The van der Waals surface area contributed by atoms with Crippen molar-refractivity contribution in [1.82, 2.24) is 9.80 Å². The van der Waals surface area contributed by atoms with Gasteiger partial charge in [-0.1, -0.05) is 12.1 Å². The number of piperazine rings is 1. The minimum absolute atomic E-state index is 0.166. The van der Waals surface area contributed by atoms with E-state index in [1.54, 1.807) is 34.1 Å². The molecule has 3 aromatic rings. The molecule has 2 aliphatic rings. The molecule has 39 heavy (non-hydrogen) atoms. The number of morpholine rings is 1. The molecule has 2 saturated heterocycles. The molecule has 202 valence electrons. The summed E-state index contributed by atoms with van der Waals surface area (Å²) in [6.45, 7) is 3.54. The first kappa shape index (κ1) is 26.3. The first-order valence-corrected chi connectivity index (χ1v) is 12.8. The number of hydrogen-bond donors (Lipinski definition) is 1. The Bertz CT molecular complexity index is 1390. The standard InChI is InChI=1S/C29H28F2N4O4/c30-22-5-1-3-20(17-22)27(36)32-24-7-8-26(25(19-24)29(38)35-13-15-39-16-14-35)33-9-11-34(12-10-33)28(37)21-4-2-6-23(31)18-21/h1-8,17-19H,9-16H2,(H,32,36). The van der Waals surface area contributed by atoms with Gasteiger partial charge in [-0.3, -0.25) is 14.4 Å². The molecule has 0 radical (unpaired) electrons. The normalized spacial score (nSPS) is 15.7. The molecule has 2 heterocycles. The van der Waals surface area contributed by atoms with Crippen molar-refractivity contribution in [3.8, 4) is 0 Å². The van der Waals surface area contributed by atoms with Gasteiger partial charge in [-0.15, -0.1) is 0 Å². The predicted molar refractivity (Wildman–Crippen MR) is 142 cm³/mol. The summed E-state index contributed by atoms with van der Waals surface area (Å²) in [6, 6.07) is 16.1. The SMILES string of the molecule is O=C(Nc1ccc(N2CCN(C(=O)c3cccc(F)c3)CC2)c(C(=O)N2CCOCC2)c1)c1cccc(F)c1. The number of carbonyl (C=O) groups excluding carboxylic acids is 3. The van der Waals surface area contributed by atoms with Gasteiger partial charge >= 0.3 is 0 Å². The fraction of sp³-hybridized carbons (Fsp3) is 0.276. The van der Waals surface area contributed by atoms with Crippen molar-refractivity contribution < 1.29 is 27.9 Å². The van der Waals surface area contributed by atoms with Crippen LogP contribution in [0.2, 0.25) is 0 Å². The first-order chi connectivity index (χ1) is 18.9. The van der Waals surface area contributed by atoms with E-state index in [9.17, 15) is 23.2 Å². The van der Waals surface area contributed by atoms with Crippen LogP contribution in [0.4, 0.5) is 20.2 Å². The summed E-state index contributed by atoms with van der Waals surface area (Å²) in [4.78, 5) is 44.6. The molecule has 3 aromatic carbocycles. The number of rotatable bonds is 5. The van der Waals surface area contributed by atoms with Gasteiger partial charge in [-0.05, 0) is 54.6 Å². The molecular formula is C29H28F2N4O4. The molecular weight excluding hydrogens is 506 g/mol. The second kappa shape index (κ2) is 11.6. The van der Waals surface area contributed by atoms with E-state index in [-0.39, 0.29) is 17.4 Å². The number of nitrogens with one attached hydrogen (secondary N) is 1. The van der Waals surface area contributed by atoms with Crippen molar-refractivity contribution >= 4 is 29.1 Å². The summed E-state index contributed by atoms with van der Waals surface area (Å²) >= 11 is 0. The van der Waals surface area contributed by atoms with Gasteiger partial charge in [-0.2, -0.15) is 0 Å². The van der Waals surface area contributed by atoms with E-state index < -0.39 is 17.5 Å². The van der Waals surface area contributed by atoms with Crippen LogP contribution in [0.25, 0.3) is 0 Å². The monoisotopic (exact) mass is 534 g/mol. The van der Waals surface area contributed by atoms with E-state index in [1.807, 2.05) is 4.90 Å². The van der Waals surface area contributed by atoms with Crippen LogP contribution in [-0.4, -0.2) is 80.0 Å². The van der Waals surface area contributed by atoms with Gasteiger partial charge in [0.25, 0.3) is 17.7 Å². The van der Waals surface area contributed by atoms with Crippen molar-refractivity contribution in [2.75, 3.05) is 62.7 Å². The third-order valence-electron chi connectivity index (χ3n) is 6.85. The minimum Gasteiger partial charge on any atom is -0.378 e. The number of benzene rings is 3. The molecule has 0 bridgehead atoms. The third-order valence-corrected chi connectivity index (χ3v) is 6.85. The summed E-state index contributed by atoms with van der Waals surface area (Å²) < 4.78 is 32.6. The Morgan fingerprint density at radius 3 is 1.97 bits per heavy atom. The molecule has 0 atom stereocenters. The number of nitrogens with zero attached hydrogens (tertiary/aromatic N) is 3. The second-order valence-corrected chi connectivity index (χ2v) is 9.39. The quantitative estimate of drug-likeness (QED) is 0.541. The molecule has 0 aliphatic carbocycles. The summed E-state index contributed by atoms with van der Waals surface area (Å²) in [6.07, 6.45) is 0. The highest BCUT2D eigenvalue weighted by molar-refractivity contribution is 6.06. The van der Waals surface area contributed by atoms with Gasteiger partial charge in [0.05, 0.1) is 18.8 Å². The fourth-order valence-corrected chi connectivity index (χ4v) is 4.79. The Morgan fingerprint density at radius 2 is 1.31 bits per heavy atom. The van der Waals surface area contributed by atoms with Gasteiger partial charge in [0.1, 0.15) is 11.6 Å². The highest BCUT2D eigenvalue weighted by Crippen LogP contribution is 2.28. The Morgan fingerprint density at radius 1 is 0.692 bits per heavy atom. The lowest BCUT2D eigenvalue weighted by Crippen LogP contribution is -2.49. The van der Waals surface area contributed by atoms with Crippen LogP contribution in [0.15, 0.2) is 66.7 Å². The van der Waals surface area contributed by atoms with Crippen molar-refractivity contribution in [3.05, 3.63) is 95.1 Å². The lowest BCUT2D eigenvalue weighted by Gasteiger charge is -2.37.